The standard InChI is InChI=1S/C20H18N4O6S/c1-31(29,30)23(15-6-4-7-16(11-15)24(27)28)13-20(26)22-21-12-18-17-8-3-2-5-14(17)9-10-19(18)25/h2-12,25H,13H2,1H3,(H,22,26)/b21-12-. The Labute approximate surface area is 177 Å². The van der Waals surface area contributed by atoms with Crippen molar-refractivity contribution in [2.75, 3.05) is 17.1 Å². The molecule has 3 rings (SSSR count). The lowest BCUT2D eigenvalue weighted by Crippen LogP contribution is -2.39. The summed E-state index contributed by atoms with van der Waals surface area (Å²) in [5.74, 6) is -0.807. The van der Waals surface area contributed by atoms with E-state index < -0.39 is 27.4 Å². The highest BCUT2D eigenvalue weighted by Crippen LogP contribution is 2.25. The molecule has 160 valence electrons. The van der Waals surface area contributed by atoms with Crippen LogP contribution in [0.1, 0.15) is 5.56 Å². The maximum Gasteiger partial charge on any atom is 0.271 e. The quantitative estimate of drug-likeness (QED) is 0.327. The molecule has 0 aliphatic carbocycles. The van der Waals surface area contributed by atoms with Crippen LogP contribution >= 0.6 is 0 Å². The summed E-state index contributed by atoms with van der Waals surface area (Å²) in [4.78, 5) is 22.6. The topological polar surface area (TPSA) is 142 Å². The van der Waals surface area contributed by atoms with Gasteiger partial charge in [-0.15, -0.1) is 0 Å². The summed E-state index contributed by atoms with van der Waals surface area (Å²) >= 11 is 0. The highest BCUT2D eigenvalue weighted by Gasteiger charge is 2.22. The molecule has 0 spiro atoms. The summed E-state index contributed by atoms with van der Waals surface area (Å²) in [6.45, 7) is -0.640. The number of hydrogen-bond acceptors (Lipinski definition) is 7. The van der Waals surface area contributed by atoms with Crippen molar-refractivity contribution in [1.82, 2.24) is 5.43 Å². The van der Waals surface area contributed by atoms with Crippen LogP contribution in [0.4, 0.5) is 11.4 Å². The van der Waals surface area contributed by atoms with Crippen LogP contribution in [-0.4, -0.2) is 43.4 Å². The van der Waals surface area contributed by atoms with Gasteiger partial charge in [0.25, 0.3) is 11.6 Å². The smallest absolute Gasteiger partial charge is 0.271 e. The van der Waals surface area contributed by atoms with Crippen LogP contribution in [0.15, 0.2) is 65.8 Å². The molecule has 0 aliphatic rings. The maximum absolute atomic E-state index is 12.3. The molecule has 0 bridgehead atoms. The van der Waals surface area contributed by atoms with E-state index in [9.17, 15) is 28.4 Å². The first-order chi connectivity index (χ1) is 14.7. The van der Waals surface area contributed by atoms with E-state index in [1.54, 1.807) is 18.2 Å². The van der Waals surface area contributed by atoms with Crippen molar-refractivity contribution in [3.05, 3.63) is 76.3 Å². The van der Waals surface area contributed by atoms with Crippen molar-refractivity contribution < 1.29 is 23.2 Å². The number of sulfonamides is 1. The minimum atomic E-state index is -3.91. The minimum Gasteiger partial charge on any atom is -0.507 e. The molecule has 3 aromatic rings. The van der Waals surface area contributed by atoms with Gasteiger partial charge in [0, 0.05) is 17.7 Å². The largest absolute Gasteiger partial charge is 0.507 e. The zero-order valence-electron chi connectivity index (χ0n) is 16.3. The van der Waals surface area contributed by atoms with E-state index in [1.807, 2.05) is 12.1 Å². The number of anilines is 1. The Morgan fingerprint density at radius 1 is 1.19 bits per heavy atom. The van der Waals surface area contributed by atoms with Gasteiger partial charge in [-0.3, -0.25) is 19.2 Å². The van der Waals surface area contributed by atoms with Gasteiger partial charge in [-0.2, -0.15) is 5.10 Å². The van der Waals surface area contributed by atoms with Crippen LogP contribution in [0.2, 0.25) is 0 Å². The monoisotopic (exact) mass is 442 g/mol. The molecule has 0 unspecified atom stereocenters. The lowest BCUT2D eigenvalue weighted by atomic mass is 10.0. The van der Waals surface area contributed by atoms with Crippen molar-refractivity contribution in [3.63, 3.8) is 0 Å². The summed E-state index contributed by atoms with van der Waals surface area (Å²) in [5, 5.41) is 26.5. The highest BCUT2D eigenvalue weighted by atomic mass is 32.2. The third kappa shape index (κ3) is 5.14. The van der Waals surface area contributed by atoms with Gasteiger partial charge in [-0.1, -0.05) is 36.4 Å². The SMILES string of the molecule is CS(=O)(=O)N(CC(=O)N/N=C\c1c(O)ccc2ccccc12)c1cccc([N+](=O)[O-])c1. The maximum atomic E-state index is 12.3. The fourth-order valence-electron chi connectivity index (χ4n) is 2.92. The van der Waals surface area contributed by atoms with Crippen LogP contribution in [0.5, 0.6) is 5.75 Å². The van der Waals surface area contributed by atoms with Gasteiger partial charge in [0.05, 0.1) is 23.1 Å². The number of aromatic hydroxyl groups is 1. The molecule has 10 nitrogen and oxygen atoms in total. The number of carbonyl (C=O) groups excluding carboxylic acids is 1. The van der Waals surface area contributed by atoms with Crippen LogP contribution < -0.4 is 9.73 Å². The molecule has 0 aromatic heterocycles. The van der Waals surface area contributed by atoms with Crippen molar-refractivity contribution in [1.29, 1.82) is 0 Å². The first-order valence-electron chi connectivity index (χ1n) is 8.91. The Morgan fingerprint density at radius 2 is 1.94 bits per heavy atom. The van der Waals surface area contributed by atoms with E-state index in [0.29, 0.717) is 5.56 Å². The van der Waals surface area contributed by atoms with Crippen molar-refractivity contribution >= 4 is 44.3 Å². The number of phenolic OH excluding ortho intramolecular Hbond substituents is 1. The van der Waals surface area contributed by atoms with Gasteiger partial charge < -0.3 is 5.11 Å². The fraction of sp³-hybridized carbons (Fsp3) is 0.100. The fourth-order valence-corrected chi connectivity index (χ4v) is 3.76. The molecular formula is C20H18N4O6S. The molecule has 1 amide bonds. The van der Waals surface area contributed by atoms with Gasteiger partial charge in [0.1, 0.15) is 12.3 Å². The molecule has 2 N–H and O–H groups in total. The number of nitro benzene ring substituents is 1. The number of nitro groups is 1. The van der Waals surface area contributed by atoms with Crippen molar-refractivity contribution in [3.8, 4) is 5.75 Å². The number of rotatable bonds is 7. The molecule has 3 aromatic carbocycles. The molecule has 0 saturated carbocycles. The Balaban J connectivity index is 1.79. The highest BCUT2D eigenvalue weighted by molar-refractivity contribution is 7.92. The Bertz CT molecular complexity index is 1290. The first kappa shape index (κ1) is 21.7. The number of hydrazone groups is 1. The summed E-state index contributed by atoms with van der Waals surface area (Å²) in [6, 6.07) is 15.5. The Kier molecular flexibility index (Phi) is 6.16. The number of amides is 1. The number of fused-ring (bicyclic) bond motifs is 1. The number of nitrogens with zero attached hydrogens (tertiary/aromatic N) is 3. The van der Waals surface area contributed by atoms with Gasteiger partial charge in [0.15, 0.2) is 0 Å². The van der Waals surface area contributed by atoms with Crippen LogP contribution in [0.25, 0.3) is 10.8 Å². The van der Waals surface area contributed by atoms with Gasteiger partial charge in [-0.05, 0) is 22.9 Å². The van der Waals surface area contributed by atoms with E-state index in [2.05, 4.69) is 10.5 Å². The van der Waals surface area contributed by atoms with E-state index >= 15 is 0 Å². The minimum absolute atomic E-state index is 0.0254. The molecular weight excluding hydrogens is 424 g/mol. The van der Waals surface area contributed by atoms with E-state index in [4.69, 9.17) is 0 Å². The first-order valence-corrected chi connectivity index (χ1v) is 10.8. The Morgan fingerprint density at radius 3 is 2.65 bits per heavy atom. The second kappa shape index (κ2) is 8.79. The van der Waals surface area contributed by atoms with Gasteiger partial charge >= 0.3 is 0 Å². The van der Waals surface area contributed by atoms with Crippen LogP contribution in [0, 0.1) is 10.1 Å². The summed E-state index contributed by atoms with van der Waals surface area (Å²) in [7, 11) is -3.91. The number of carbonyl (C=O) groups is 1. The van der Waals surface area contributed by atoms with Crippen LogP contribution in [-0.2, 0) is 14.8 Å². The number of benzene rings is 3. The van der Waals surface area contributed by atoms with Crippen LogP contribution in [0.3, 0.4) is 0 Å². The molecule has 0 fully saturated rings. The lowest BCUT2D eigenvalue weighted by molar-refractivity contribution is -0.384. The van der Waals surface area contributed by atoms with E-state index in [-0.39, 0.29) is 17.1 Å². The normalized spacial score (nSPS) is 11.5. The average Bonchev–Trinajstić information content (AvgIpc) is 2.73. The predicted octanol–water partition coefficient (Wildman–Crippen LogP) is 2.37. The molecule has 0 atom stereocenters. The van der Waals surface area contributed by atoms with Crippen molar-refractivity contribution in [2.45, 2.75) is 0 Å². The molecule has 0 saturated heterocycles. The van der Waals surface area contributed by atoms with Gasteiger partial charge in [0.2, 0.25) is 10.0 Å². The zero-order valence-corrected chi connectivity index (χ0v) is 17.1. The zero-order chi connectivity index (χ0) is 22.6. The number of nitrogens with one attached hydrogen (secondary N) is 1. The number of hydrogen-bond donors (Lipinski definition) is 2. The molecule has 0 radical (unpaired) electrons. The van der Waals surface area contributed by atoms with Crippen molar-refractivity contribution in [2.24, 2.45) is 5.10 Å². The molecule has 0 heterocycles. The number of phenols is 1. The summed E-state index contributed by atoms with van der Waals surface area (Å²) < 4.78 is 25.0. The Hall–Kier alpha value is -3.99. The van der Waals surface area contributed by atoms with E-state index in [0.717, 1.165) is 27.4 Å². The third-order valence-electron chi connectivity index (χ3n) is 4.35. The molecule has 0 aliphatic heterocycles. The molecule has 11 heteroatoms. The van der Waals surface area contributed by atoms with E-state index in [1.165, 1.54) is 30.5 Å². The number of non-ortho nitro benzene ring substituents is 1. The lowest BCUT2D eigenvalue weighted by Gasteiger charge is -2.21. The second-order valence-electron chi connectivity index (χ2n) is 6.56. The summed E-state index contributed by atoms with van der Waals surface area (Å²) in [6.07, 6.45) is 2.14. The third-order valence-corrected chi connectivity index (χ3v) is 5.49. The molecule has 31 heavy (non-hydrogen) atoms. The average molecular weight is 442 g/mol. The summed E-state index contributed by atoms with van der Waals surface area (Å²) in [5.41, 5.74) is 2.26. The second-order valence-corrected chi connectivity index (χ2v) is 8.47. The van der Waals surface area contributed by atoms with Gasteiger partial charge in [-0.25, -0.2) is 13.8 Å². The predicted molar refractivity (Wildman–Crippen MR) is 117 cm³/mol.